The number of carbonyl (C=O) groups is 2. The number of aromatic nitrogens is 2. The molecule has 0 bridgehead atoms. The first-order valence-electron chi connectivity index (χ1n) is 8.04. The average molecular weight is 329 g/mol. The maximum Gasteiger partial charge on any atom is 0.323 e. The van der Waals surface area contributed by atoms with Gasteiger partial charge in [0.05, 0.1) is 10.9 Å². The van der Waals surface area contributed by atoms with E-state index in [1.54, 1.807) is 18.2 Å². The summed E-state index contributed by atoms with van der Waals surface area (Å²) in [5, 5.41) is 9.44. The molecule has 0 unspecified atom stereocenters. The van der Waals surface area contributed by atoms with E-state index >= 15 is 0 Å². The summed E-state index contributed by atoms with van der Waals surface area (Å²) >= 11 is 0. The van der Waals surface area contributed by atoms with Gasteiger partial charge in [0, 0.05) is 18.9 Å². The van der Waals surface area contributed by atoms with Crippen molar-refractivity contribution in [2.75, 3.05) is 6.54 Å². The molecule has 1 heterocycles. The van der Waals surface area contributed by atoms with Crippen molar-refractivity contribution in [1.82, 2.24) is 14.9 Å². The number of carbonyl (C=O) groups excluding carboxylic acids is 1. The molecule has 0 atom stereocenters. The van der Waals surface area contributed by atoms with Crippen molar-refractivity contribution in [3.05, 3.63) is 40.4 Å². The average Bonchev–Trinajstić information content (AvgIpc) is 3.37. The van der Waals surface area contributed by atoms with Gasteiger partial charge in [-0.05, 0) is 31.4 Å². The minimum atomic E-state index is -0.990. The molecule has 1 aromatic carbocycles. The van der Waals surface area contributed by atoms with E-state index in [0.29, 0.717) is 29.6 Å². The molecule has 126 valence electrons. The topological polar surface area (TPSA) is 103 Å². The Morgan fingerprint density at radius 3 is 2.75 bits per heavy atom. The Hall–Kier alpha value is -2.70. The molecular formula is C17H19N3O4. The van der Waals surface area contributed by atoms with Crippen LogP contribution in [-0.4, -0.2) is 44.4 Å². The number of carboxylic acid groups (broad SMARTS) is 1. The van der Waals surface area contributed by atoms with Crippen LogP contribution in [0.2, 0.25) is 0 Å². The van der Waals surface area contributed by atoms with E-state index in [4.69, 9.17) is 5.11 Å². The number of hydrogen-bond donors (Lipinski definition) is 2. The summed E-state index contributed by atoms with van der Waals surface area (Å²) in [5.74, 6) is -0.596. The number of nitrogens with zero attached hydrogens (tertiary/aromatic N) is 2. The Kier molecular flexibility index (Phi) is 4.59. The van der Waals surface area contributed by atoms with Crippen LogP contribution in [-0.2, 0) is 16.0 Å². The molecular weight excluding hydrogens is 310 g/mol. The highest BCUT2D eigenvalue weighted by Crippen LogP contribution is 2.27. The van der Waals surface area contributed by atoms with Crippen molar-refractivity contribution in [3.63, 3.8) is 0 Å². The van der Waals surface area contributed by atoms with Crippen LogP contribution in [0.1, 0.15) is 31.5 Å². The zero-order valence-electron chi connectivity index (χ0n) is 13.2. The number of nitrogens with one attached hydrogen (secondary N) is 1. The van der Waals surface area contributed by atoms with E-state index in [1.165, 1.54) is 4.90 Å². The number of aromatic amines is 1. The van der Waals surface area contributed by atoms with E-state index in [1.807, 2.05) is 6.07 Å². The molecule has 1 aliphatic rings. The molecule has 0 aliphatic heterocycles. The van der Waals surface area contributed by atoms with Gasteiger partial charge in [-0.15, -0.1) is 0 Å². The second-order valence-electron chi connectivity index (χ2n) is 6.03. The number of rotatable bonds is 7. The van der Waals surface area contributed by atoms with Crippen LogP contribution >= 0.6 is 0 Å². The van der Waals surface area contributed by atoms with Crippen LogP contribution in [0.15, 0.2) is 29.1 Å². The van der Waals surface area contributed by atoms with Crippen LogP contribution < -0.4 is 5.56 Å². The van der Waals surface area contributed by atoms with Gasteiger partial charge in [0.15, 0.2) is 0 Å². The lowest BCUT2D eigenvalue weighted by molar-refractivity contribution is -0.144. The predicted molar refractivity (Wildman–Crippen MR) is 87.7 cm³/mol. The Labute approximate surface area is 138 Å². The number of fused-ring (bicyclic) bond motifs is 1. The number of aryl methyl sites for hydroxylation is 1. The van der Waals surface area contributed by atoms with Crippen LogP contribution in [0.25, 0.3) is 10.9 Å². The highest BCUT2D eigenvalue weighted by atomic mass is 16.4. The van der Waals surface area contributed by atoms with Crippen molar-refractivity contribution in [1.29, 1.82) is 0 Å². The van der Waals surface area contributed by atoms with Crippen molar-refractivity contribution in [2.24, 2.45) is 0 Å². The smallest absolute Gasteiger partial charge is 0.323 e. The van der Waals surface area contributed by atoms with Gasteiger partial charge in [-0.1, -0.05) is 12.1 Å². The monoisotopic (exact) mass is 329 g/mol. The van der Waals surface area contributed by atoms with E-state index in [2.05, 4.69) is 9.97 Å². The molecule has 1 aromatic heterocycles. The van der Waals surface area contributed by atoms with Gasteiger partial charge < -0.3 is 15.0 Å². The predicted octanol–water partition coefficient (Wildman–Crippen LogP) is 1.32. The quantitative estimate of drug-likeness (QED) is 0.797. The van der Waals surface area contributed by atoms with E-state index < -0.39 is 5.97 Å². The van der Waals surface area contributed by atoms with Gasteiger partial charge in [-0.3, -0.25) is 14.4 Å². The number of H-pyrrole nitrogens is 1. The Bertz CT molecular complexity index is 826. The molecule has 1 aliphatic carbocycles. The van der Waals surface area contributed by atoms with Crippen molar-refractivity contribution < 1.29 is 14.7 Å². The van der Waals surface area contributed by atoms with Gasteiger partial charge in [-0.2, -0.15) is 0 Å². The van der Waals surface area contributed by atoms with E-state index in [0.717, 1.165) is 12.8 Å². The Morgan fingerprint density at radius 1 is 1.29 bits per heavy atom. The summed E-state index contributed by atoms with van der Waals surface area (Å²) in [5.41, 5.74) is 0.445. The molecule has 2 aromatic rings. The maximum absolute atomic E-state index is 12.2. The molecule has 1 amide bonds. The molecule has 7 heteroatoms. The summed E-state index contributed by atoms with van der Waals surface area (Å²) < 4.78 is 0. The van der Waals surface area contributed by atoms with Crippen LogP contribution in [0.5, 0.6) is 0 Å². The van der Waals surface area contributed by atoms with Crippen LogP contribution in [0, 0.1) is 0 Å². The molecule has 0 radical (unpaired) electrons. The van der Waals surface area contributed by atoms with Crippen LogP contribution in [0.4, 0.5) is 0 Å². The number of benzene rings is 1. The number of carboxylic acids is 1. The fourth-order valence-corrected chi connectivity index (χ4v) is 2.76. The van der Waals surface area contributed by atoms with Gasteiger partial charge >= 0.3 is 5.97 Å². The van der Waals surface area contributed by atoms with Gasteiger partial charge in [0.2, 0.25) is 5.91 Å². The molecule has 2 N–H and O–H groups in total. The summed E-state index contributed by atoms with van der Waals surface area (Å²) in [6, 6.07) is 7.18. The fraction of sp³-hybridized carbons (Fsp3) is 0.412. The first-order valence-corrected chi connectivity index (χ1v) is 8.04. The third kappa shape index (κ3) is 3.79. The molecule has 24 heavy (non-hydrogen) atoms. The third-order valence-corrected chi connectivity index (χ3v) is 4.08. The lowest BCUT2D eigenvalue weighted by Gasteiger charge is -2.20. The van der Waals surface area contributed by atoms with Crippen molar-refractivity contribution >= 4 is 22.8 Å². The first kappa shape index (κ1) is 16.2. The minimum absolute atomic E-state index is 0.0761. The molecule has 0 saturated heterocycles. The van der Waals surface area contributed by atoms with Gasteiger partial charge in [0.1, 0.15) is 12.4 Å². The SMILES string of the molecule is O=C(O)CN(C(=O)CCCc1nc2ccccc2c(=O)[nH]1)C1CC1. The number of amides is 1. The largest absolute Gasteiger partial charge is 0.480 e. The highest BCUT2D eigenvalue weighted by Gasteiger charge is 2.33. The van der Waals surface area contributed by atoms with Gasteiger partial charge in [0.25, 0.3) is 5.56 Å². The molecule has 7 nitrogen and oxygen atoms in total. The highest BCUT2D eigenvalue weighted by molar-refractivity contribution is 5.82. The zero-order valence-corrected chi connectivity index (χ0v) is 13.2. The fourth-order valence-electron chi connectivity index (χ4n) is 2.76. The third-order valence-electron chi connectivity index (χ3n) is 4.08. The van der Waals surface area contributed by atoms with Gasteiger partial charge in [-0.25, -0.2) is 4.98 Å². The molecule has 1 saturated carbocycles. The minimum Gasteiger partial charge on any atom is -0.480 e. The summed E-state index contributed by atoms with van der Waals surface area (Å²) in [4.78, 5) is 43.6. The second kappa shape index (κ2) is 6.82. The Morgan fingerprint density at radius 2 is 2.04 bits per heavy atom. The van der Waals surface area contributed by atoms with Crippen molar-refractivity contribution in [3.8, 4) is 0 Å². The summed E-state index contributed by atoms with van der Waals surface area (Å²) in [6.07, 6.45) is 2.98. The zero-order chi connectivity index (χ0) is 17.1. The van der Waals surface area contributed by atoms with Crippen molar-refractivity contribution in [2.45, 2.75) is 38.1 Å². The lowest BCUT2D eigenvalue weighted by atomic mass is 10.2. The van der Waals surface area contributed by atoms with Crippen LogP contribution in [0.3, 0.4) is 0 Å². The number of hydrogen-bond acceptors (Lipinski definition) is 4. The van der Waals surface area contributed by atoms with E-state index in [9.17, 15) is 14.4 Å². The molecule has 0 spiro atoms. The normalized spacial score (nSPS) is 13.8. The van der Waals surface area contributed by atoms with E-state index in [-0.39, 0.29) is 30.5 Å². The number of para-hydroxylation sites is 1. The molecule has 1 fully saturated rings. The Balaban J connectivity index is 1.60. The first-order chi connectivity index (χ1) is 11.5. The number of aliphatic carboxylic acids is 1. The summed E-state index contributed by atoms with van der Waals surface area (Å²) in [7, 11) is 0. The molecule has 3 rings (SSSR count). The lowest BCUT2D eigenvalue weighted by Crippen LogP contribution is -2.37. The summed E-state index contributed by atoms with van der Waals surface area (Å²) in [6.45, 7) is -0.242. The second-order valence-corrected chi connectivity index (χ2v) is 6.03. The standard InChI is InChI=1S/C17H19N3O4/c21-15(20(10-16(22)23)11-8-9-11)7-3-6-14-18-13-5-2-1-4-12(13)17(24)19-14/h1-2,4-5,11H,3,6-10H2,(H,22,23)(H,18,19,24). The maximum atomic E-state index is 12.2.